The van der Waals surface area contributed by atoms with Crippen molar-refractivity contribution in [3.63, 3.8) is 0 Å². The Morgan fingerprint density at radius 1 is 1.20 bits per heavy atom. The molecular formula is C16H19BrN2O. The Labute approximate surface area is 128 Å². The lowest BCUT2D eigenvalue weighted by Crippen LogP contribution is -2.26. The van der Waals surface area contributed by atoms with Crippen LogP contribution in [0.25, 0.3) is 0 Å². The van der Waals surface area contributed by atoms with E-state index in [1.165, 1.54) is 11.1 Å². The molecule has 1 unspecified atom stereocenters. The third-order valence-corrected chi connectivity index (χ3v) is 3.65. The van der Waals surface area contributed by atoms with Crippen LogP contribution in [0.15, 0.2) is 47.2 Å². The van der Waals surface area contributed by atoms with E-state index in [2.05, 4.69) is 39.2 Å². The van der Waals surface area contributed by atoms with Crippen molar-refractivity contribution in [3.8, 4) is 5.75 Å². The number of pyridine rings is 1. The Balaban J connectivity index is 1.75. The normalized spacial score (nSPS) is 12.3. The van der Waals surface area contributed by atoms with E-state index in [1.807, 2.05) is 18.3 Å². The molecule has 0 aliphatic rings. The summed E-state index contributed by atoms with van der Waals surface area (Å²) in [5.41, 5.74) is 2.43. The summed E-state index contributed by atoms with van der Waals surface area (Å²) < 4.78 is 1.01. The van der Waals surface area contributed by atoms with E-state index in [4.69, 9.17) is 0 Å². The van der Waals surface area contributed by atoms with Crippen molar-refractivity contribution in [2.24, 2.45) is 0 Å². The SMILES string of the molecule is CC(CCc1ccc(O)cc1)NCc1cncc(Br)c1. The molecule has 1 aromatic carbocycles. The van der Waals surface area contributed by atoms with Gasteiger partial charge in [0, 0.05) is 29.5 Å². The minimum absolute atomic E-state index is 0.321. The fraction of sp³-hybridized carbons (Fsp3) is 0.312. The number of phenols is 1. The van der Waals surface area contributed by atoms with Gasteiger partial charge in [-0.05, 0) is 65.0 Å². The van der Waals surface area contributed by atoms with Crippen LogP contribution in [0.4, 0.5) is 0 Å². The highest BCUT2D eigenvalue weighted by Gasteiger charge is 2.03. The van der Waals surface area contributed by atoms with E-state index in [0.29, 0.717) is 11.8 Å². The molecule has 0 saturated heterocycles. The van der Waals surface area contributed by atoms with Crippen molar-refractivity contribution in [2.45, 2.75) is 32.4 Å². The number of aromatic nitrogens is 1. The van der Waals surface area contributed by atoms with Gasteiger partial charge in [0.15, 0.2) is 0 Å². The van der Waals surface area contributed by atoms with E-state index >= 15 is 0 Å². The van der Waals surface area contributed by atoms with Crippen LogP contribution in [0.5, 0.6) is 5.75 Å². The third-order valence-electron chi connectivity index (χ3n) is 3.22. The molecule has 2 rings (SSSR count). The van der Waals surface area contributed by atoms with Crippen LogP contribution in [0.3, 0.4) is 0 Å². The summed E-state index contributed by atoms with van der Waals surface area (Å²) in [7, 11) is 0. The van der Waals surface area contributed by atoms with E-state index < -0.39 is 0 Å². The van der Waals surface area contributed by atoms with Crippen molar-refractivity contribution in [1.82, 2.24) is 10.3 Å². The summed E-state index contributed by atoms with van der Waals surface area (Å²) in [6.07, 6.45) is 5.74. The highest BCUT2D eigenvalue weighted by Crippen LogP contribution is 2.13. The number of aromatic hydroxyl groups is 1. The highest BCUT2D eigenvalue weighted by molar-refractivity contribution is 9.10. The molecule has 1 atom stereocenters. The Hall–Kier alpha value is -1.39. The van der Waals surface area contributed by atoms with Gasteiger partial charge in [0.2, 0.25) is 0 Å². The first kappa shape index (κ1) is 15.0. The zero-order valence-electron chi connectivity index (χ0n) is 11.5. The Bertz CT molecular complexity index is 542. The molecule has 2 N–H and O–H groups in total. The van der Waals surface area contributed by atoms with Crippen LogP contribution in [0, 0.1) is 0 Å². The second-order valence-corrected chi connectivity index (χ2v) is 5.91. The Kier molecular flexibility index (Phi) is 5.56. The molecule has 0 amide bonds. The average molecular weight is 335 g/mol. The number of hydrogen-bond acceptors (Lipinski definition) is 3. The number of nitrogens with zero attached hydrogens (tertiary/aromatic N) is 1. The van der Waals surface area contributed by atoms with Crippen molar-refractivity contribution >= 4 is 15.9 Å². The summed E-state index contributed by atoms with van der Waals surface area (Å²) >= 11 is 3.43. The van der Waals surface area contributed by atoms with Crippen LogP contribution < -0.4 is 5.32 Å². The first-order valence-electron chi connectivity index (χ1n) is 6.74. The predicted molar refractivity (Wildman–Crippen MR) is 84.7 cm³/mol. The molecule has 20 heavy (non-hydrogen) atoms. The van der Waals surface area contributed by atoms with Gasteiger partial charge in [0.1, 0.15) is 5.75 Å². The lowest BCUT2D eigenvalue weighted by Gasteiger charge is -2.14. The standard InChI is InChI=1S/C16H19BrN2O/c1-12(2-3-13-4-6-16(20)7-5-13)19-10-14-8-15(17)11-18-9-14/h4-9,11-12,19-20H,2-3,10H2,1H3. The van der Waals surface area contributed by atoms with Crippen molar-refractivity contribution in [3.05, 3.63) is 58.3 Å². The van der Waals surface area contributed by atoms with E-state index in [-0.39, 0.29) is 0 Å². The van der Waals surface area contributed by atoms with Gasteiger partial charge in [0.25, 0.3) is 0 Å². The molecule has 0 aliphatic heterocycles. The first-order valence-corrected chi connectivity index (χ1v) is 7.53. The second-order valence-electron chi connectivity index (χ2n) is 5.00. The lowest BCUT2D eigenvalue weighted by molar-refractivity contribution is 0.474. The second kappa shape index (κ2) is 7.41. The molecule has 0 saturated carbocycles. The minimum atomic E-state index is 0.321. The number of aryl methyl sites for hydroxylation is 1. The first-order chi connectivity index (χ1) is 9.63. The molecule has 1 heterocycles. The summed E-state index contributed by atoms with van der Waals surface area (Å²) in [6, 6.07) is 9.93. The lowest BCUT2D eigenvalue weighted by atomic mass is 10.1. The number of phenolic OH excluding ortho intramolecular Hbond substituents is 1. The number of nitrogens with one attached hydrogen (secondary N) is 1. The maximum Gasteiger partial charge on any atom is 0.115 e. The fourth-order valence-electron chi connectivity index (χ4n) is 1.99. The maximum absolute atomic E-state index is 9.24. The van der Waals surface area contributed by atoms with Gasteiger partial charge in [-0.15, -0.1) is 0 Å². The van der Waals surface area contributed by atoms with Crippen molar-refractivity contribution in [1.29, 1.82) is 0 Å². The molecule has 3 nitrogen and oxygen atoms in total. The van der Waals surface area contributed by atoms with Gasteiger partial charge in [-0.25, -0.2) is 0 Å². The van der Waals surface area contributed by atoms with E-state index in [9.17, 15) is 5.11 Å². The van der Waals surface area contributed by atoms with Gasteiger partial charge in [-0.3, -0.25) is 4.98 Å². The monoisotopic (exact) mass is 334 g/mol. The minimum Gasteiger partial charge on any atom is -0.508 e. The molecule has 2 aromatic rings. The number of hydrogen-bond donors (Lipinski definition) is 2. The molecule has 106 valence electrons. The molecule has 0 spiro atoms. The van der Waals surface area contributed by atoms with Gasteiger partial charge >= 0.3 is 0 Å². The third kappa shape index (κ3) is 4.94. The topological polar surface area (TPSA) is 45.1 Å². The summed E-state index contributed by atoms with van der Waals surface area (Å²) in [4.78, 5) is 4.15. The van der Waals surface area contributed by atoms with Gasteiger partial charge < -0.3 is 10.4 Å². The van der Waals surface area contributed by atoms with Crippen LogP contribution in [0.1, 0.15) is 24.5 Å². The van der Waals surface area contributed by atoms with Gasteiger partial charge in [-0.2, -0.15) is 0 Å². The smallest absolute Gasteiger partial charge is 0.115 e. The Morgan fingerprint density at radius 3 is 2.65 bits per heavy atom. The number of halogens is 1. The molecule has 0 bridgehead atoms. The summed E-state index contributed by atoms with van der Waals surface area (Å²) in [6.45, 7) is 3.01. The zero-order chi connectivity index (χ0) is 14.4. The fourth-order valence-corrected chi connectivity index (χ4v) is 2.40. The molecule has 0 fully saturated rings. The average Bonchev–Trinajstić information content (AvgIpc) is 2.45. The summed E-state index contributed by atoms with van der Waals surface area (Å²) in [5, 5.41) is 12.7. The van der Waals surface area contributed by atoms with Crippen molar-refractivity contribution < 1.29 is 5.11 Å². The predicted octanol–water partition coefficient (Wildman–Crippen LogP) is 3.66. The molecule has 0 aliphatic carbocycles. The zero-order valence-corrected chi connectivity index (χ0v) is 13.1. The van der Waals surface area contributed by atoms with Crippen molar-refractivity contribution in [2.75, 3.05) is 0 Å². The maximum atomic E-state index is 9.24. The molecule has 4 heteroatoms. The Morgan fingerprint density at radius 2 is 1.95 bits per heavy atom. The molecular weight excluding hydrogens is 316 g/mol. The molecule has 1 aromatic heterocycles. The van der Waals surface area contributed by atoms with Crippen LogP contribution in [0.2, 0.25) is 0 Å². The largest absolute Gasteiger partial charge is 0.508 e. The number of rotatable bonds is 6. The molecule has 0 radical (unpaired) electrons. The summed E-state index contributed by atoms with van der Waals surface area (Å²) in [5.74, 6) is 0.321. The number of benzene rings is 1. The van der Waals surface area contributed by atoms with E-state index in [1.54, 1.807) is 18.3 Å². The highest BCUT2D eigenvalue weighted by atomic mass is 79.9. The van der Waals surface area contributed by atoms with Crippen LogP contribution in [-0.4, -0.2) is 16.1 Å². The quantitative estimate of drug-likeness (QED) is 0.847. The van der Waals surface area contributed by atoms with Gasteiger partial charge in [-0.1, -0.05) is 12.1 Å². The van der Waals surface area contributed by atoms with Crippen LogP contribution >= 0.6 is 15.9 Å². The van der Waals surface area contributed by atoms with Crippen LogP contribution in [-0.2, 0) is 13.0 Å². The van der Waals surface area contributed by atoms with E-state index in [0.717, 1.165) is 23.9 Å². The van der Waals surface area contributed by atoms with Gasteiger partial charge in [0.05, 0.1) is 0 Å².